The molecule has 0 aromatic carbocycles. The zero-order valence-corrected chi connectivity index (χ0v) is 13.1. The Morgan fingerprint density at radius 1 is 1.12 bits per heavy atom. The summed E-state index contributed by atoms with van der Waals surface area (Å²) in [5.41, 5.74) is 0.354. The molecule has 0 radical (unpaired) electrons. The molecule has 0 saturated carbocycles. The minimum Gasteiger partial charge on any atom is -0.314 e. The summed E-state index contributed by atoms with van der Waals surface area (Å²) in [5.74, 6) is 0.766. The lowest BCUT2D eigenvalue weighted by molar-refractivity contribution is 0.199. The highest BCUT2D eigenvalue weighted by atomic mass is 15.1. The maximum Gasteiger partial charge on any atom is 0.0128 e. The summed E-state index contributed by atoms with van der Waals surface area (Å²) < 4.78 is 0. The van der Waals surface area contributed by atoms with Gasteiger partial charge in [0.2, 0.25) is 0 Å². The van der Waals surface area contributed by atoms with Crippen molar-refractivity contribution >= 4 is 0 Å². The van der Waals surface area contributed by atoms with Crippen molar-refractivity contribution in [2.24, 2.45) is 11.3 Å². The molecule has 0 spiro atoms. The zero-order valence-electron chi connectivity index (χ0n) is 13.1. The molecule has 0 aliphatic rings. The van der Waals surface area contributed by atoms with E-state index in [0.717, 1.165) is 12.5 Å². The van der Waals surface area contributed by atoms with E-state index >= 15 is 0 Å². The van der Waals surface area contributed by atoms with Crippen LogP contribution in [0.25, 0.3) is 0 Å². The van der Waals surface area contributed by atoms with Gasteiger partial charge in [0.25, 0.3) is 0 Å². The number of hydrogen-bond donors (Lipinski definition) is 1. The van der Waals surface area contributed by atoms with Gasteiger partial charge in [-0.2, -0.15) is 0 Å². The van der Waals surface area contributed by atoms with E-state index in [4.69, 9.17) is 0 Å². The molecule has 17 heavy (non-hydrogen) atoms. The van der Waals surface area contributed by atoms with Gasteiger partial charge in [0, 0.05) is 12.6 Å². The molecule has 0 heterocycles. The van der Waals surface area contributed by atoms with Gasteiger partial charge in [-0.05, 0) is 37.4 Å². The average Bonchev–Trinajstić information content (AvgIpc) is 2.19. The van der Waals surface area contributed by atoms with Crippen LogP contribution in [-0.2, 0) is 0 Å². The Labute approximate surface area is 109 Å². The van der Waals surface area contributed by atoms with Crippen molar-refractivity contribution in [1.29, 1.82) is 0 Å². The van der Waals surface area contributed by atoms with Gasteiger partial charge in [0.15, 0.2) is 0 Å². The van der Waals surface area contributed by atoms with Gasteiger partial charge in [0.05, 0.1) is 0 Å². The minimum absolute atomic E-state index is 0.354. The van der Waals surface area contributed by atoms with E-state index in [1.54, 1.807) is 0 Å². The van der Waals surface area contributed by atoms with Crippen LogP contribution >= 0.6 is 0 Å². The molecule has 2 nitrogen and oxygen atoms in total. The van der Waals surface area contributed by atoms with Crippen LogP contribution in [0.15, 0.2) is 0 Å². The predicted octanol–water partition coefficient (Wildman–Crippen LogP) is 3.38. The highest BCUT2D eigenvalue weighted by Crippen LogP contribution is 2.22. The van der Waals surface area contributed by atoms with E-state index in [1.165, 1.54) is 26.1 Å². The van der Waals surface area contributed by atoms with E-state index in [9.17, 15) is 0 Å². The van der Waals surface area contributed by atoms with Gasteiger partial charge in [-0.3, -0.25) is 0 Å². The van der Waals surface area contributed by atoms with Crippen LogP contribution in [0.5, 0.6) is 0 Å². The second kappa shape index (κ2) is 8.10. The third kappa shape index (κ3) is 7.77. The molecule has 0 aliphatic heterocycles. The molecule has 0 aliphatic carbocycles. The first-order valence-corrected chi connectivity index (χ1v) is 7.26. The van der Waals surface area contributed by atoms with Crippen LogP contribution in [0.4, 0.5) is 0 Å². The second-order valence-corrected chi connectivity index (χ2v) is 6.55. The van der Waals surface area contributed by atoms with Gasteiger partial charge in [-0.15, -0.1) is 0 Å². The molecule has 0 aromatic rings. The third-order valence-electron chi connectivity index (χ3n) is 3.30. The van der Waals surface area contributed by atoms with E-state index < -0.39 is 0 Å². The van der Waals surface area contributed by atoms with Crippen LogP contribution in [-0.4, -0.2) is 37.1 Å². The summed E-state index contributed by atoms with van der Waals surface area (Å²) in [6, 6.07) is 0.619. The highest BCUT2D eigenvalue weighted by Gasteiger charge is 2.23. The molecule has 0 fully saturated rings. The normalized spacial score (nSPS) is 14.6. The Bertz CT molecular complexity index is 182. The van der Waals surface area contributed by atoms with Gasteiger partial charge in [0.1, 0.15) is 0 Å². The fourth-order valence-electron chi connectivity index (χ4n) is 2.29. The van der Waals surface area contributed by atoms with Gasteiger partial charge < -0.3 is 10.2 Å². The maximum absolute atomic E-state index is 3.63. The number of nitrogens with one attached hydrogen (secondary N) is 1. The van der Waals surface area contributed by atoms with E-state index in [2.05, 4.69) is 58.7 Å². The summed E-state index contributed by atoms with van der Waals surface area (Å²) in [6.45, 7) is 20.7. The monoisotopic (exact) mass is 242 g/mol. The molecular weight excluding hydrogens is 208 g/mol. The van der Waals surface area contributed by atoms with E-state index in [0.29, 0.717) is 11.5 Å². The fraction of sp³-hybridized carbons (Fsp3) is 1.00. The largest absolute Gasteiger partial charge is 0.314 e. The Morgan fingerprint density at radius 2 is 1.71 bits per heavy atom. The zero-order chi connectivity index (χ0) is 13.5. The molecule has 1 N–H and O–H groups in total. The predicted molar refractivity (Wildman–Crippen MR) is 78.5 cm³/mol. The topological polar surface area (TPSA) is 15.3 Å². The molecule has 2 heteroatoms. The van der Waals surface area contributed by atoms with E-state index in [1.807, 2.05) is 0 Å². The van der Waals surface area contributed by atoms with Crippen molar-refractivity contribution in [3.63, 3.8) is 0 Å². The van der Waals surface area contributed by atoms with Gasteiger partial charge in [-0.25, -0.2) is 0 Å². The third-order valence-corrected chi connectivity index (χ3v) is 3.30. The number of nitrogens with zero attached hydrogens (tertiary/aromatic N) is 1. The lowest BCUT2D eigenvalue weighted by Crippen LogP contribution is -2.43. The van der Waals surface area contributed by atoms with Crippen LogP contribution in [0.1, 0.15) is 54.9 Å². The number of rotatable bonds is 8. The van der Waals surface area contributed by atoms with Crippen molar-refractivity contribution in [3.05, 3.63) is 0 Å². The molecular formula is C15H34N2. The summed E-state index contributed by atoms with van der Waals surface area (Å²) >= 11 is 0. The molecule has 1 atom stereocenters. The smallest absolute Gasteiger partial charge is 0.0128 e. The standard InChI is InChI=1S/C15H34N2/c1-8-16-14(15(5,6)7)10-11-17(9-2)12-13(3)4/h13-14,16H,8-12H2,1-7H3. The lowest BCUT2D eigenvalue weighted by Gasteiger charge is -2.33. The van der Waals surface area contributed by atoms with Crippen molar-refractivity contribution < 1.29 is 0 Å². The first-order chi connectivity index (χ1) is 7.81. The Balaban J connectivity index is 4.18. The van der Waals surface area contributed by atoms with E-state index in [-0.39, 0.29) is 0 Å². The summed E-state index contributed by atoms with van der Waals surface area (Å²) in [7, 11) is 0. The lowest BCUT2D eigenvalue weighted by atomic mass is 9.84. The quantitative estimate of drug-likeness (QED) is 0.702. The first kappa shape index (κ1) is 16.9. The Kier molecular flexibility index (Phi) is 8.06. The van der Waals surface area contributed by atoms with Crippen LogP contribution < -0.4 is 5.32 Å². The fourth-order valence-corrected chi connectivity index (χ4v) is 2.29. The minimum atomic E-state index is 0.354. The molecule has 0 amide bonds. The molecule has 0 aromatic heterocycles. The van der Waals surface area contributed by atoms with Crippen LogP contribution in [0.2, 0.25) is 0 Å². The van der Waals surface area contributed by atoms with Crippen molar-refractivity contribution in [1.82, 2.24) is 10.2 Å². The van der Waals surface area contributed by atoms with Crippen LogP contribution in [0.3, 0.4) is 0 Å². The SMILES string of the molecule is CCNC(CCN(CC)CC(C)C)C(C)(C)C. The summed E-state index contributed by atoms with van der Waals surface area (Å²) in [5, 5.41) is 3.63. The molecule has 0 rings (SSSR count). The molecule has 1 unspecified atom stereocenters. The maximum atomic E-state index is 3.63. The Morgan fingerprint density at radius 3 is 2.06 bits per heavy atom. The molecule has 104 valence electrons. The molecule has 0 saturated heterocycles. The summed E-state index contributed by atoms with van der Waals surface area (Å²) in [6.07, 6.45) is 1.25. The number of hydrogen-bond acceptors (Lipinski definition) is 2. The summed E-state index contributed by atoms with van der Waals surface area (Å²) in [4.78, 5) is 2.57. The van der Waals surface area contributed by atoms with Crippen molar-refractivity contribution in [2.45, 2.75) is 60.9 Å². The van der Waals surface area contributed by atoms with Gasteiger partial charge >= 0.3 is 0 Å². The highest BCUT2D eigenvalue weighted by molar-refractivity contribution is 4.81. The Hall–Kier alpha value is -0.0800. The van der Waals surface area contributed by atoms with Gasteiger partial charge in [-0.1, -0.05) is 48.5 Å². The van der Waals surface area contributed by atoms with Crippen molar-refractivity contribution in [3.8, 4) is 0 Å². The first-order valence-electron chi connectivity index (χ1n) is 7.26. The average molecular weight is 242 g/mol. The van der Waals surface area contributed by atoms with Crippen molar-refractivity contribution in [2.75, 3.05) is 26.2 Å². The molecule has 0 bridgehead atoms. The van der Waals surface area contributed by atoms with Crippen LogP contribution in [0, 0.1) is 11.3 Å². The second-order valence-electron chi connectivity index (χ2n) is 6.55.